The molecular weight excluding hydrogens is 245 g/mol. The molecule has 19 heavy (non-hydrogen) atoms. The van der Waals surface area contributed by atoms with Crippen LogP contribution in [-0.4, -0.2) is 16.7 Å². The van der Waals surface area contributed by atoms with E-state index in [1.54, 1.807) is 12.4 Å². The van der Waals surface area contributed by atoms with Crippen molar-refractivity contribution < 1.29 is 14.2 Å². The number of halogens is 1. The Morgan fingerprint density at radius 1 is 1.21 bits per heavy atom. The topological polar surface area (TPSA) is 42.4 Å². The minimum absolute atomic E-state index is 0.277. The lowest BCUT2D eigenvalue weighted by Crippen LogP contribution is -1.98. The van der Waals surface area contributed by atoms with Gasteiger partial charge in [0.2, 0.25) is 0 Å². The maximum Gasteiger partial charge on any atom is 0.135 e. The average molecular weight is 257 g/mol. The summed E-state index contributed by atoms with van der Waals surface area (Å²) < 4.78 is 18.7. The zero-order chi connectivity index (χ0) is 13.5. The SMILES string of the molecule is OCC#Cc1cc(F)ccc1OCc1ccncc1. The fourth-order valence-electron chi connectivity index (χ4n) is 1.50. The molecule has 0 saturated carbocycles. The van der Waals surface area contributed by atoms with E-state index in [1.807, 2.05) is 12.1 Å². The molecule has 1 N–H and O–H groups in total. The number of nitrogens with zero attached hydrogens (tertiary/aromatic N) is 1. The van der Waals surface area contributed by atoms with E-state index in [1.165, 1.54) is 18.2 Å². The molecule has 2 rings (SSSR count). The Morgan fingerprint density at radius 3 is 2.74 bits per heavy atom. The molecule has 0 unspecified atom stereocenters. The standard InChI is InChI=1S/C15H12FNO2/c16-14-3-4-15(13(10-14)2-1-9-18)19-11-12-5-7-17-8-6-12/h3-8,10,18H,9,11H2. The third-order valence-electron chi connectivity index (χ3n) is 2.39. The van der Waals surface area contributed by atoms with Crippen LogP contribution in [-0.2, 0) is 6.61 Å². The molecule has 2 aromatic rings. The van der Waals surface area contributed by atoms with E-state index in [0.717, 1.165) is 5.56 Å². The summed E-state index contributed by atoms with van der Waals surface area (Å²) in [4.78, 5) is 3.91. The summed E-state index contributed by atoms with van der Waals surface area (Å²) in [7, 11) is 0. The van der Waals surface area contributed by atoms with Gasteiger partial charge < -0.3 is 9.84 Å². The molecule has 0 aliphatic carbocycles. The first kappa shape index (κ1) is 13.1. The van der Waals surface area contributed by atoms with E-state index >= 15 is 0 Å². The van der Waals surface area contributed by atoms with Crippen molar-refractivity contribution >= 4 is 0 Å². The number of pyridine rings is 1. The molecule has 0 spiro atoms. The molecule has 0 aliphatic rings. The number of hydrogen-bond acceptors (Lipinski definition) is 3. The molecule has 0 fully saturated rings. The zero-order valence-electron chi connectivity index (χ0n) is 10.1. The summed E-state index contributed by atoms with van der Waals surface area (Å²) in [6.45, 7) is 0.0717. The van der Waals surface area contributed by atoms with Crippen LogP contribution in [0, 0.1) is 17.7 Å². The minimum atomic E-state index is -0.390. The lowest BCUT2D eigenvalue weighted by Gasteiger charge is -2.08. The third-order valence-corrected chi connectivity index (χ3v) is 2.39. The summed E-state index contributed by atoms with van der Waals surface area (Å²) in [5.41, 5.74) is 1.38. The molecular formula is C15H12FNO2. The summed E-state index contributed by atoms with van der Waals surface area (Å²) >= 11 is 0. The largest absolute Gasteiger partial charge is 0.488 e. The van der Waals surface area contributed by atoms with Crippen LogP contribution in [0.2, 0.25) is 0 Å². The average Bonchev–Trinajstić information content (AvgIpc) is 2.45. The zero-order valence-corrected chi connectivity index (χ0v) is 10.1. The number of aliphatic hydroxyl groups excluding tert-OH is 1. The van der Waals surface area contributed by atoms with Crippen molar-refractivity contribution in [1.29, 1.82) is 0 Å². The van der Waals surface area contributed by atoms with Crippen LogP contribution in [0.3, 0.4) is 0 Å². The highest BCUT2D eigenvalue weighted by molar-refractivity contribution is 5.46. The molecule has 0 atom stereocenters. The Kier molecular flexibility index (Phi) is 4.49. The van der Waals surface area contributed by atoms with Crippen molar-refractivity contribution in [3.05, 3.63) is 59.7 Å². The van der Waals surface area contributed by atoms with Crippen molar-refractivity contribution in [1.82, 2.24) is 4.98 Å². The molecule has 0 amide bonds. The van der Waals surface area contributed by atoms with Gasteiger partial charge in [-0.1, -0.05) is 11.8 Å². The Hall–Kier alpha value is -2.38. The van der Waals surface area contributed by atoms with Gasteiger partial charge in [-0.05, 0) is 35.9 Å². The van der Waals surface area contributed by atoms with E-state index in [-0.39, 0.29) is 6.61 Å². The van der Waals surface area contributed by atoms with Gasteiger partial charge >= 0.3 is 0 Å². The summed E-state index contributed by atoms with van der Waals surface area (Å²) in [6, 6.07) is 7.79. The predicted molar refractivity (Wildman–Crippen MR) is 68.9 cm³/mol. The monoisotopic (exact) mass is 257 g/mol. The first-order valence-corrected chi connectivity index (χ1v) is 5.70. The van der Waals surface area contributed by atoms with Crippen LogP contribution in [0.15, 0.2) is 42.7 Å². The van der Waals surface area contributed by atoms with Gasteiger partial charge in [-0.2, -0.15) is 0 Å². The first-order chi connectivity index (χ1) is 9.29. The van der Waals surface area contributed by atoms with Gasteiger partial charge in [0.15, 0.2) is 0 Å². The maximum absolute atomic E-state index is 13.1. The molecule has 3 nitrogen and oxygen atoms in total. The smallest absolute Gasteiger partial charge is 0.135 e. The normalized spacial score (nSPS) is 9.58. The number of ether oxygens (including phenoxy) is 1. The number of aliphatic hydroxyl groups is 1. The highest BCUT2D eigenvalue weighted by atomic mass is 19.1. The second-order valence-corrected chi connectivity index (χ2v) is 3.74. The van der Waals surface area contributed by atoms with Crippen LogP contribution in [0.4, 0.5) is 4.39 Å². The Labute approximate surface area is 110 Å². The molecule has 0 saturated heterocycles. The van der Waals surface area contributed by atoms with E-state index in [0.29, 0.717) is 17.9 Å². The maximum atomic E-state index is 13.1. The molecule has 0 radical (unpaired) electrons. The lowest BCUT2D eigenvalue weighted by molar-refractivity contribution is 0.304. The van der Waals surface area contributed by atoms with Crippen LogP contribution in [0.25, 0.3) is 0 Å². The summed E-state index contributed by atoms with van der Waals surface area (Å²) in [5.74, 6) is 5.24. The van der Waals surface area contributed by atoms with E-state index in [4.69, 9.17) is 9.84 Å². The van der Waals surface area contributed by atoms with Gasteiger partial charge in [0.05, 0.1) is 5.56 Å². The Balaban J connectivity index is 2.15. The van der Waals surface area contributed by atoms with Gasteiger partial charge in [-0.15, -0.1) is 0 Å². The summed E-state index contributed by atoms with van der Waals surface area (Å²) in [5, 5.41) is 8.68. The van der Waals surface area contributed by atoms with Gasteiger partial charge in [0, 0.05) is 12.4 Å². The van der Waals surface area contributed by atoms with Gasteiger partial charge in [0.25, 0.3) is 0 Å². The fraction of sp³-hybridized carbons (Fsp3) is 0.133. The van der Waals surface area contributed by atoms with E-state index in [9.17, 15) is 4.39 Å². The number of rotatable bonds is 3. The Morgan fingerprint density at radius 2 is 2.00 bits per heavy atom. The quantitative estimate of drug-likeness (QED) is 0.857. The second kappa shape index (κ2) is 6.53. The molecule has 0 aliphatic heterocycles. The van der Waals surface area contributed by atoms with Crippen LogP contribution in [0.1, 0.15) is 11.1 Å². The highest BCUT2D eigenvalue weighted by Crippen LogP contribution is 2.20. The second-order valence-electron chi connectivity index (χ2n) is 3.74. The van der Waals surface area contributed by atoms with Crippen molar-refractivity contribution in [2.75, 3.05) is 6.61 Å². The first-order valence-electron chi connectivity index (χ1n) is 5.70. The van der Waals surface area contributed by atoms with Crippen molar-refractivity contribution in [2.45, 2.75) is 6.61 Å². The predicted octanol–water partition coefficient (Wildman–Crippen LogP) is 2.14. The van der Waals surface area contributed by atoms with Crippen molar-refractivity contribution in [3.63, 3.8) is 0 Å². The summed E-state index contributed by atoms with van der Waals surface area (Å²) in [6.07, 6.45) is 3.35. The molecule has 96 valence electrons. The molecule has 1 heterocycles. The van der Waals surface area contributed by atoms with E-state index in [2.05, 4.69) is 16.8 Å². The Bertz CT molecular complexity index is 603. The number of benzene rings is 1. The van der Waals surface area contributed by atoms with Gasteiger partial charge in [-0.3, -0.25) is 4.98 Å². The van der Waals surface area contributed by atoms with Crippen LogP contribution < -0.4 is 4.74 Å². The highest BCUT2D eigenvalue weighted by Gasteiger charge is 2.03. The van der Waals surface area contributed by atoms with E-state index < -0.39 is 5.82 Å². The third kappa shape index (κ3) is 3.80. The van der Waals surface area contributed by atoms with Crippen LogP contribution >= 0.6 is 0 Å². The lowest BCUT2D eigenvalue weighted by atomic mass is 10.2. The van der Waals surface area contributed by atoms with Crippen molar-refractivity contribution in [3.8, 4) is 17.6 Å². The van der Waals surface area contributed by atoms with Gasteiger partial charge in [-0.25, -0.2) is 4.39 Å². The molecule has 4 heteroatoms. The van der Waals surface area contributed by atoms with Gasteiger partial charge in [0.1, 0.15) is 24.8 Å². The number of hydrogen-bond donors (Lipinski definition) is 1. The fourth-order valence-corrected chi connectivity index (χ4v) is 1.50. The molecule has 1 aromatic carbocycles. The van der Waals surface area contributed by atoms with Crippen molar-refractivity contribution in [2.24, 2.45) is 0 Å². The molecule has 1 aromatic heterocycles. The van der Waals surface area contributed by atoms with Crippen LogP contribution in [0.5, 0.6) is 5.75 Å². The number of aromatic nitrogens is 1. The minimum Gasteiger partial charge on any atom is -0.488 e. The molecule has 0 bridgehead atoms.